The number of rotatable bonds is 2. The van der Waals surface area contributed by atoms with Gasteiger partial charge < -0.3 is 4.90 Å². The van der Waals surface area contributed by atoms with Gasteiger partial charge in [0.05, 0.1) is 0 Å². The topological polar surface area (TPSA) is 20.3 Å². The summed E-state index contributed by atoms with van der Waals surface area (Å²) in [7, 11) is 0. The predicted molar refractivity (Wildman–Crippen MR) is 80.1 cm³/mol. The van der Waals surface area contributed by atoms with Crippen LogP contribution in [-0.2, 0) is 4.79 Å². The molecule has 1 amide bonds. The van der Waals surface area contributed by atoms with E-state index in [9.17, 15) is 4.79 Å². The number of carbonyl (C=O) groups excluding carboxylic acids is 1. The van der Waals surface area contributed by atoms with Crippen LogP contribution in [0.15, 0.2) is 29.2 Å². The third kappa shape index (κ3) is 3.62. The molecule has 0 bridgehead atoms. The van der Waals surface area contributed by atoms with Crippen molar-refractivity contribution in [3.8, 4) is 0 Å². The zero-order valence-electron chi connectivity index (χ0n) is 10.9. The lowest BCUT2D eigenvalue weighted by atomic mass is 10.2. The molecule has 1 aromatic rings. The molecule has 1 aliphatic rings. The fourth-order valence-corrected chi connectivity index (χ4v) is 4.27. The lowest BCUT2D eigenvalue weighted by Gasteiger charge is -2.18. The molecule has 1 atom stereocenters. The van der Waals surface area contributed by atoms with Crippen LogP contribution in [-0.4, -0.2) is 29.6 Å². The summed E-state index contributed by atoms with van der Waals surface area (Å²) in [4.78, 5) is 15.4. The smallest absolute Gasteiger partial charge is 0.246 e. The molecule has 1 fully saturated rings. The minimum Gasteiger partial charge on any atom is -0.338 e. The Bertz CT molecular complexity index is 421. The predicted octanol–water partition coefficient (Wildman–Crippen LogP) is 3.72. The van der Waals surface area contributed by atoms with Crippen LogP contribution in [0, 0.1) is 0 Å². The van der Waals surface area contributed by atoms with Crippen molar-refractivity contribution < 1.29 is 4.79 Å². The number of thiophene rings is 1. The van der Waals surface area contributed by atoms with Crippen LogP contribution in [0.4, 0.5) is 0 Å². The van der Waals surface area contributed by atoms with Gasteiger partial charge in [-0.1, -0.05) is 11.6 Å². The van der Waals surface area contributed by atoms with Crippen molar-refractivity contribution in [2.75, 3.05) is 18.8 Å². The summed E-state index contributed by atoms with van der Waals surface area (Å²) in [6, 6.07) is 4.31. The van der Waals surface area contributed by atoms with Crippen molar-refractivity contribution >= 4 is 29.0 Å². The highest BCUT2D eigenvalue weighted by Gasteiger charge is 2.21. The average Bonchev–Trinajstić information content (AvgIpc) is 2.72. The zero-order valence-corrected chi connectivity index (χ0v) is 12.5. The molecule has 98 valence electrons. The number of nitrogens with zero attached hydrogens (tertiary/aromatic N) is 1. The number of allylic oxidation sites excluding steroid dienone is 1. The molecule has 2 rings (SSSR count). The van der Waals surface area contributed by atoms with E-state index >= 15 is 0 Å². The Labute approximate surface area is 117 Å². The monoisotopic (exact) mass is 281 g/mol. The van der Waals surface area contributed by atoms with Crippen LogP contribution in [0.2, 0.25) is 0 Å². The largest absolute Gasteiger partial charge is 0.338 e. The Morgan fingerprint density at radius 1 is 1.44 bits per heavy atom. The Morgan fingerprint density at radius 2 is 2.28 bits per heavy atom. The molecule has 0 spiro atoms. The van der Waals surface area contributed by atoms with Crippen LogP contribution in [0.5, 0.6) is 0 Å². The minimum absolute atomic E-state index is 0.169. The van der Waals surface area contributed by atoms with Crippen LogP contribution in [0.3, 0.4) is 0 Å². The van der Waals surface area contributed by atoms with E-state index in [0.29, 0.717) is 5.25 Å². The fraction of sp³-hybridized carbons (Fsp3) is 0.500. The van der Waals surface area contributed by atoms with Gasteiger partial charge in [-0.2, -0.15) is 11.8 Å². The summed E-state index contributed by atoms with van der Waals surface area (Å²) < 4.78 is 0. The van der Waals surface area contributed by atoms with Crippen LogP contribution in [0.25, 0.3) is 0 Å². The SMILES string of the molecule is CC(C)=CC(=O)N1CCS[C@@H](c2cccs2)CC1. The third-order valence-electron chi connectivity index (χ3n) is 2.93. The average molecular weight is 281 g/mol. The van der Waals surface area contributed by atoms with Crippen molar-refractivity contribution in [3.63, 3.8) is 0 Å². The van der Waals surface area contributed by atoms with Crippen LogP contribution >= 0.6 is 23.1 Å². The van der Waals surface area contributed by atoms with Crippen LogP contribution < -0.4 is 0 Å². The number of hydrogen-bond donors (Lipinski definition) is 0. The molecule has 0 aliphatic carbocycles. The molecule has 0 N–H and O–H groups in total. The normalized spacial score (nSPS) is 20.3. The molecule has 0 radical (unpaired) electrons. The molecule has 0 unspecified atom stereocenters. The van der Waals surface area contributed by atoms with E-state index in [1.807, 2.05) is 41.8 Å². The van der Waals surface area contributed by atoms with Crippen molar-refractivity contribution in [3.05, 3.63) is 34.0 Å². The summed E-state index contributed by atoms with van der Waals surface area (Å²) in [6.07, 6.45) is 2.81. The minimum atomic E-state index is 0.169. The van der Waals surface area contributed by atoms with E-state index in [4.69, 9.17) is 0 Å². The molecule has 18 heavy (non-hydrogen) atoms. The Kier molecular flexibility index (Phi) is 4.89. The molecular weight excluding hydrogens is 262 g/mol. The zero-order chi connectivity index (χ0) is 13.0. The maximum absolute atomic E-state index is 12.0. The Morgan fingerprint density at radius 3 is 2.94 bits per heavy atom. The Balaban J connectivity index is 1.96. The first-order valence-corrected chi connectivity index (χ1v) is 8.18. The summed E-state index contributed by atoms with van der Waals surface area (Å²) in [5.41, 5.74) is 1.08. The Hall–Kier alpha value is -0.740. The van der Waals surface area contributed by atoms with E-state index in [2.05, 4.69) is 17.5 Å². The first kappa shape index (κ1) is 13.7. The highest BCUT2D eigenvalue weighted by atomic mass is 32.2. The molecule has 0 aromatic carbocycles. The maximum atomic E-state index is 12.0. The van der Waals surface area contributed by atoms with Crippen molar-refractivity contribution in [1.82, 2.24) is 4.90 Å². The fourth-order valence-electron chi connectivity index (χ4n) is 2.03. The molecule has 4 heteroatoms. The van der Waals surface area contributed by atoms with Gasteiger partial charge in [-0.25, -0.2) is 0 Å². The summed E-state index contributed by atoms with van der Waals surface area (Å²) in [5.74, 6) is 1.20. The van der Waals surface area contributed by atoms with Gasteiger partial charge in [0.15, 0.2) is 0 Å². The lowest BCUT2D eigenvalue weighted by molar-refractivity contribution is -0.125. The van der Waals surface area contributed by atoms with Gasteiger partial charge in [0.2, 0.25) is 5.91 Å². The van der Waals surface area contributed by atoms with Gasteiger partial charge in [-0.05, 0) is 31.7 Å². The summed E-state index contributed by atoms with van der Waals surface area (Å²) >= 11 is 3.80. The molecule has 2 nitrogen and oxygen atoms in total. The van der Waals surface area contributed by atoms with Crippen molar-refractivity contribution in [1.29, 1.82) is 0 Å². The van der Waals surface area contributed by atoms with E-state index < -0.39 is 0 Å². The van der Waals surface area contributed by atoms with Gasteiger partial charge >= 0.3 is 0 Å². The first-order valence-electron chi connectivity index (χ1n) is 6.25. The van der Waals surface area contributed by atoms with E-state index in [1.165, 1.54) is 4.88 Å². The van der Waals surface area contributed by atoms with Gasteiger partial charge in [0.25, 0.3) is 0 Å². The van der Waals surface area contributed by atoms with Crippen molar-refractivity contribution in [2.24, 2.45) is 0 Å². The summed E-state index contributed by atoms with van der Waals surface area (Å²) in [5, 5.41) is 2.70. The molecular formula is C14H19NOS2. The second-order valence-corrected chi connectivity index (χ2v) is 7.00. The lowest BCUT2D eigenvalue weighted by Crippen LogP contribution is -2.31. The quantitative estimate of drug-likeness (QED) is 0.770. The summed E-state index contributed by atoms with van der Waals surface area (Å²) in [6.45, 7) is 5.69. The van der Waals surface area contributed by atoms with E-state index in [0.717, 1.165) is 30.8 Å². The number of hydrogen-bond acceptors (Lipinski definition) is 3. The molecule has 1 aromatic heterocycles. The number of thioether (sulfide) groups is 1. The molecule has 1 saturated heterocycles. The van der Waals surface area contributed by atoms with E-state index in [1.54, 1.807) is 6.08 Å². The highest BCUT2D eigenvalue weighted by Crippen LogP contribution is 2.36. The second kappa shape index (κ2) is 6.43. The molecule has 1 aliphatic heterocycles. The standard InChI is InChI=1S/C14H19NOS2/c1-11(2)10-14(16)15-6-5-13(18-9-7-15)12-4-3-8-17-12/h3-4,8,10,13H,5-7,9H2,1-2H3/t13-/m1/s1. The molecule has 2 heterocycles. The second-order valence-electron chi connectivity index (χ2n) is 4.71. The van der Waals surface area contributed by atoms with E-state index in [-0.39, 0.29) is 5.91 Å². The number of amides is 1. The maximum Gasteiger partial charge on any atom is 0.246 e. The number of carbonyl (C=O) groups is 1. The highest BCUT2D eigenvalue weighted by molar-refractivity contribution is 7.99. The molecule has 0 saturated carbocycles. The van der Waals surface area contributed by atoms with Gasteiger partial charge in [-0.15, -0.1) is 11.3 Å². The van der Waals surface area contributed by atoms with Gasteiger partial charge in [0.1, 0.15) is 0 Å². The van der Waals surface area contributed by atoms with Gasteiger partial charge in [-0.3, -0.25) is 4.79 Å². The third-order valence-corrected chi connectivity index (χ3v) is 5.37. The first-order chi connectivity index (χ1) is 8.66. The van der Waals surface area contributed by atoms with Gasteiger partial charge in [0, 0.05) is 35.0 Å². The van der Waals surface area contributed by atoms with Crippen molar-refractivity contribution in [2.45, 2.75) is 25.5 Å². The van der Waals surface area contributed by atoms with Crippen LogP contribution in [0.1, 0.15) is 30.4 Å².